The Balaban J connectivity index is 1.88. The van der Waals surface area contributed by atoms with Crippen LogP contribution in [-0.2, 0) is 4.79 Å². The maximum Gasteiger partial charge on any atom is 0.220 e. The third-order valence-electron chi connectivity index (χ3n) is 3.68. The Labute approximate surface area is 133 Å². The molecule has 0 radical (unpaired) electrons. The molecule has 7 heteroatoms. The quantitative estimate of drug-likeness (QED) is 0.942. The molecule has 3 heterocycles. The number of amides is 1. The fourth-order valence-corrected chi connectivity index (χ4v) is 3.43. The minimum atomic E-state index is -0.0176. The van der Waals surface area contributed by atoms with Crippen LogP contribution in [0.2, 0.25) is 0 Å². The molecule has 0 bridgehead atoms. The lowest BCUT2D eigenvalue weighted by Crippen LogP contribution is -2.29. The van der Waals surface area contributed by atoms with E-state index in [1.807, 2.05) is 30.2 Å². The van der Waals surface area contributed by atoms with Crippen LogP contribution < -0.4 is 5.32 Å². The number of thiazole rings is 1. The van der Waals surface area contributed by atoms with Crippen molar-refractivity contribution in [2.24, 2.45) is 0 Å². The van der Waals surface area contributed by atoms with Crippen molar-refractivity contribution in [2.75, 3.05) is 11.9 Å². The van der Waals surface area contributed by atoms with Gasteiger partial charge in [-0.05, 0) is 26.7 Å². The number of rotatable bonds is 3. The van der Waals surface area contributed by atoms with E-state index in [4.69, 9.17) is 0 Å². The van der Waals surface area contributed by atoms with Crippen molar-refractivity contribution in [3.63, 3.8) is 0 Å². The molecule has 116 valence electrons. The summed E-state index contributed by atoms with van der Waals surface area (Å²) in [5, 5.41) is 6.03. The number of anilines is 2. The summed E-state index contributed by atoms with van der Waals surface area (Å²) in [5.74, 6) is 1.52. The van der Waals surface area contributed by atoms with Crippen LogP contribution in [0.5, 0.6) is 0 Å². The lowest BCUT2D eigenvalue weighted by atomic mass is 10.2. The normalized spacial score (nSPS) is 17.8. The number of likely N-dealkylation sites (tertiary alicyclic amines) is 1. The van der Waals surface area contributed by atoms with Crippen molar-refractivity contribution in [3.8, 4) is 0 Å². The largest absolute Gasteiger partial charge is 0.333 e. The highest BCUT2D eigenvalue weighted by Crippen LogP contribution is 2.31. The molecule has 1 aliphatic rings. The van der Waals surface area contributed by atoms with Gasteiger partial charge < -0.3 is 10.2 Å². The van der Waals surface area contributed by atoms with E-state index in [2.05, 4.69) is 20.3 Å². The van der Waals surface area contributed by atoms with Crippen LogP contribution in [0.25, 0.3) is 0 Å². The topological polar surface area (TPSA) is 71.0 Å². The van der Waals surface area contributed by atoms with E-state index in [-0.39, 0.29) is 11.9 Å². The third kappa shape index (κ3) is 3.09. The van der Waals surface area contributed by atoms with Crippen LogP contribution in [-0.4, -0.2) is 32.3 Å². The zero-order valence-electron chi connectivity index (χ0n) is 13.0. The molecule has 1 amide bonds. The van der Waals surface area contributed by atoms with Crippen LogP contribution in [0.4, 0.5) is 10.9 Å². The second-order valence-electron chi connectivity index (χ2n) is 5.54. The molecule has 0 aliphatic carbocycles. The maximum atomic E-state index is 11.7. The van der Waals surface area contributed by atoms with Gasteiger partial charge in [-0.1, -0.05) is 0 Å². The summed E-state index contributed by atoms with van der Waals surface area (Å²) in [6.45, 7) is 6.29. The standard InChI is InChI=1S/C15H19N5OS/c1-9-7-13(19-15-17-10(2)8-22-15)18-14(16-9)12-5-4-6-20(12)11(3)21/h7-8,12H,4-6H2,1-3H3,(H,16,17,18,19)/t12-/m1/s1. The molecule has 0 unspecified atom stereocenters. The third-order valence-corrected chi connectivity index (χ3v) is 4.56. The van der Waals surface area contributed by atoms with E-state index in [0.29, 0.717) is 5.82 Å². The molecule has 0 spiro atoms. The summed E-state index contributed by atoms with van der Waals surface area (Å²) >= 11 is 1.55. The number of aromatic nitrogens is 3. The highest BCUT2D eigenvalue weighted by molar-refractivity contribution is 7.13. The average molecular weight is 317 g/mol. The first-order valence-corrected chi connectivity index (χ1v) is 8.23. The van der Waals surface area contributed by atoms with E-state index in [9.17, 15) is 4.79 Å². The van der Waals surface area contributed by atoms with E-state index in [0.717, 1.165) is 41.7 Å². The van der Waals surface area contributed by atoms with Crippen molar-refractivity contribution < 1.29 is 4.79 Å². The van der Waals surface area contributed by atoms with Crippen LogP contribution >= 0.6 is 11.3 Å². The van der Waals surface area contributed by atoms with Gasteiger partial charge in [-0.3, -0.25) is 4.79 Å². The number of hydrogen-bond donors (Lipinski definition) is 1. The Morgan fingerprint density at radius 2 is 2.14 bits per heavy atom. The first kappa shape index (κ1) is 14.9. The number of aryl methyl sites for hydroxylation is 2. The van der Waals surface area contributed by atoms with Crippen LogP contribution in [0.1, 0.15) is 43.0 Å². The number of nitrogens with zero attached hydrogens (tertiary/aromatic N) is 4. The number of nitrogens with one attached hydrogen (secondary N) is 1. The van der Waals surface area contributed by atoms with Gasteiger partial charge >= 0.3 is 0 Å². The number of carbonyl (C=O) groups excluding carboxylic acids is 1. The summed E-state index contributed by atoms with van der Waals surface area (Å²) in [6, 6.07) is 1.88. The maximum absolute atomic E-state index is 11.7. The average Bonchev–Trinajstić information content (AvgIpc) is 3.07. The summed E-state index contributed by atoms with van der Waals surface area (Å²) in [7, 11) is 0. The first-order valence-electron chi connectivity index (χ1n) is 7.35. The van der Waals surface area contributed by atoms with Crippen molar-refractivity contribution in [1.29, 1.82) is 0 Å². The smallest absolute Gasteiger partial charge is 0.220 e. The fraction of sp³-hybridized carbons (Fsp3) is 0.467. The van der Waals surface area contributed by atoms with Crippen LogP contribution in [0.3, 0.4) is 0 Å². The van der Waals surface area contributed by atoms with Crippen molar-refractivity contribution in [2.45, 2.75) is 39.7 Å². The van der Waals surface area contributed by atoms with E-state index < -0.39 is 0 Å². The summed E-state index contributed by atoms with van der Waals surface area (Å²) in [6.07, 6.45) is 1.91. The summed E-state index contributed by atoms with van der Waals surface area (Å²) in [5.41, 5.74) is 1.87. The predicted molar refractivity (Wildman–Crippen MR) is 86.3 cm³/mol. The van der Waals surface area contributed by atoms with Crippen molar-refractivity contribution in [3.05, 3.63) is 28.7 Å². The van der Waals surface area contributed by atoms with Gasteiger partial charge in [0.1, 0.15) is 5.82 Å². The molecule has 1 saturated heterocycles. The Kier molecular flexibility index (Phi) is 4.06. The molecule has 1 atom stereocenters. The molecule has 0 saturated carbocycles. The van der Waals surface area contributed by atoms with E-state index in [1.54, 1.807) is 18.3 Å². The van der Waals surface area contributed by atoms with Crippen LogP contribution in [0.15, 0.2) is 11.4 Å². The van der Waals surface area contributed by atoms with Gasteiger partial charge in [-0.2, -0.15) is 0 Å². The lowest BCUT2D eigenvalue weighted by molar-refractivity contribution is -0.129. The SMILES string of the molecule is CC(=O)N1CCC[C@@H]1c1nc(C)cc(Nc2nc(C)cs2)n1. The second kappa shape index (κ2) is 6.00. The Hall–Kier alpha value is -2.02. The zero-order valence-corrected chi connectivity index (χ0v) is 13.8. The van der Waals surface area contributed by atoms with Gasteiger partial charge in [0.25, 0.3) is 0 Å². The van der Waals surface area contributed by atoms with Crippen molar-refractivity contribution in [1.82, 2.24) is 19.9 Å². The second-order valence-corrected chi connectivity index (χ2v) is 6.40. The van der Waals surface area contributed by atoms with E-state index in [1.165, 1.54) is 0 Å². The van der Waals surface area contributed by atoms with Gasteiger partial charge in [0.05, 0.1) is 11.7 Å². The highest BCUT2D eigenvalue weighted by atomic mass is 32.1. The molecule has 6 nitrogen and oxygen atoms in total. The molecule has 2 aromatic rings. The minimum Gasteiger partial charge on any atom is -0.333 e. The monoisotopic (exact) mass is 317 g/mol. The minimum absolute atomic E-state index is 0.0176. The van der Waals surface area contributed by atoms with Crippen molar-refractivity contribution >= 4 is 28.2 Å². The molecule has 1 aliphatic heterocycles. The molecule has 0 aromatic carbocycles. The first-order chi connectivity index (χ1) is 10.5. The Morgan fingerprint density at radius 1 is 1.32 bits per heavy atom. The molecule has 22 heavy (non-hydrogen) atoms. The lowest BCUT2D eigenvalue weighted by Gasteiger charge is -2.22. The Morgan fingerprint density at radius 3 is 2.82 bits per heavy atom. The van der Waals surface area contributed by atoms with Crippen LogP contribution in [0, 0.1) is 13.8 Å². The molecular formula is C15H19N5OS. The molecule has 1 fully saturated rings. The number of carbonyl (C=O) groups is 1. The number of hydrogen-bond acceptors (Lipinski definition) is 6. The van der Waals surface area contributed by atoms with Gasteiger partial charge in [0.15, 0.2) is 11.0 Å². The van der Waals surface area contributed by atoms with Gasteiger partial charge in [-0.15, -0.1) is 11.3 Å². The highest BCUT2D eigenvalue weighted by Gasteiger charge is 2.30. The molecular weight excluding hydrogens is 298 g/mol. The molecule has 2 aromatic heterocycles. The Bertz CT molecular complexity index is 699. The van der Waals surface area contributed by atoms with Gasteiger partial charge in [0, 0.05) is 30.6 Å². The summed E-state index contributed by atoms with van der Waals surface area (Å²) < 4.78 is 0. The summed E-state index contributed by atoms with van der Waals surface area (Å²) in [4.78, 5) is 27.1. The van der Waals surface area contributed by atoms with E-state index >= 15 is 0 Å². The van der Waals surface area contributed by atoms with Gasteiger partial charge in [0.2, 0.25) is 5.91 Å². The zero-order chi connectivity index (χ0) is 15.7. The fourth-order valence-electron chi connectivity index (χ4n) is 2.74. The molecule has 1 N–H and O–H groups in total. The predicted octanol–water partition coefficient (Wildman–Crippen LogP) is 2.98. The molecule has 3 rings (SSSR count). The van der Waals surface area contributed by atoms with Gasteiger partial charge in [-0.25, -0.2) is 15.0 Å².